The fraction of sp³-hybridized carbons (Fsp3) is 0.875. The minimum Gasteiger partial charge on any atom is -0.330 e. The van der Waals surface area contributed by atoms with Gasteiger partial charge in [0, 0.05) is 0 Å². The highest BCUT2D eigenvalue weighted by Crippen LogP contribution is 2.30. The minimum absolute atomic E-state index is 0.0122. The Morgan fingerprint density at radius 1 is 1.25 bits per heavy atom. The van der Waals surface area contributed by atoms with Crippen LogP contribution in [0.1, 0.15) is 65.2 Å². The lowest BCUT2D eigenvalue weighted by atomic mass is 9.90. The summed E-state index contributed by atoms with van der Waals surface area (Å²) in [6.07, 6.45) is 9.05. The topological polar surface area (TPSA) is 58.7 Å². The third-order valence-corrected chi connectivity index (χ3v) is 4.56. The number of carbonyl (C=O) groups is 1. The van der Waals surface area contributed by atoms with Crippen molar-refractivity contribution < 1.29 is 4.79 Å². The van der Waals surface area contributed by atoms with E-state index in [-0.39, 0.29) is 11.8 Å². The maximum Gasteiger partial charge on any atom is 0.251 e. The van der Waals surface area contributed by atoms with Crippen LogP contribution >= 0.6 is 0 Å². The molecule has 2 N–H and O–H groups in total. The summed E-state index contributed by atoms with van der Waals surface area (Å²) in [6, 6.07) is 0.335. The number of nitrogens with zero attached hydrogens (tertiary/aromatic N) is 2. The fourth-order valence-corrected chi connectivity index (χ4v) is 3.40. The van der Waals surface area contributed by atoms with Gasteiger partial charge in [0.25, 0.3) is 5.91 Å². The Balaban J connectivity index is 2.11. The van der Waals surface area contributed by atoms with Gasteiger partial charge in [-0.15, -0.1) is 0 Å². The number of rotatable bonds is 5. The summed E-state index contributed by atoms with van der Waals surface area (Å²) >= 11 is 0. The van der Waals surface area contributed by atoms with Crippen LogP contribution in [0.3, 0.4) is 0 Å². The van der Waals surface area contributed by atoms with Gasteiger partial charge in [0.15, 0.2) is 0 Å². The van der Waals surface area contributed by atoms with Crippen molar-refractivity contribution in [3.63, 3.8) is 0 Å². The van der Waals surface area contributed by atoms with E-state index in [2.05, 4.69) is 13.8 Å². The van der Waals surface area contributed by atoms with Crippen molar-refractivity contribution in [2.75, 3.05) is 6.54 Å². The molecular formula is C16H29N3O. The van der Waals surface area contributed by atoms with Gasteiger partial charge in [-0.3, -0.25) is 4.79 Å². The van der Waals surface area contributed by atoms with Gasteiger partial charge in [0.2, 0.25) is 0 Å². The van der Waals surface area contributed by atoms with Gasteiger partial charge in [0.05, 0.1) is 17.7 Å². The number of hydrogen-bond acceptors (Lipinski definition) is 3. The molecule has 0 radical (unpaired) electrons. The molecule has 4 heteroatoms. The minimum atomic E-state index is -0.0122. The largest absolute Gasteiger partial charge is 0.330 e. The second-order valence-electron chi connectivity index (χ2n) is 6.49. The lowest BCUT2D eigenvalue weighted by Crippen LogP contribution is -2.36. The summed E-state index contributed by atoms with van der Waals surface area (Å²) in [6.45, 7) is 4.93. The van der Waals surface area contributed by atoms with Crippen LogP contribution in [-0.2, 0) is 4.79 Å². The van der Waals surface area contributed by atoms with Gasteiger partial charge in [-0.1, -0.05) is 39.5 Å². The molecule has 1 aliphatic heterocycles. The van der Waals surface area contributed by atoms with Gasteiger partial charge >= 0.3 is 0 Å². The number of hydrogen-bond donors (Lipinski definition) is 1. The van der Waals surface area contributed by atoms with Crippen molar-refractivity contribution in [3.05, 3.63) is 0 Å². The highest BCUT2D eigenvalue weighted by atomic mass is 16.2. The molecule has 1 aliphatic carbocycles. The molecule has 1 heterocycles. The predicted molar refractivity (Wildman–Crippen MR) is 82.4 cm³/mol. The summed E-state index contributed by atoms with van der Waals surface area (Å²) in [4.78, 5) is 12.7. The van der Waals surface area contributed by atoms with E-state index in [0.717, 1.165) is 31.4 Å². The van der Waals surface area contributed by atoms with E-state index in [4.69, 9.17) is 10.8 Å². The highest BCUT2D eigenvalue weighted by molar-refractivity contribution is 6.08. The average Bonchev–Trinajstić information content (AvgIpc) is 2.62. The monoisotopic (exact) mass is 279 g/mol. The van der Waals surface area contributed by atoms with Gasteiger partial charge < -0.3 is 5.73 Å². The zero-order valence-corrected chi connectivity index (χ0v) is 13.0. The van der Waals surface area contributed by atoms with E-state index in [9.17, 15) is 4.79 Å². The zero-order valence-electron chi connectivity index (χ0n) is 13.0. The standard InChI is InChI=1S/C16H29N3O/c1-12(2)15-14(10-7-11-17)16(20)19(18-15)13-8-5-3-4-6-9-13/h12-14H,3-11,17H2,1-2H3. The number of hydrazone groups is 1. The molecule has 0 aromatic heterocycles. The Hall–Kier alpha value is -0.900. The van der Waals surface area contributed by atoms with Crippen LogP contribution in [0, 0.1) is 11.8 Å². The van der Waals surface area contributed by atoms with Crippen LogP contribution in [0.25, 0.3) is 0 Å². The first kappa shape index (κ1) is 15.5. The van der Waals surface area contributed by atoms with Crippen LogP contribution in [0.5, 0.6) is 0 Å². The lowest BCUT2D eigenvalue weighted by Gasteiger charge is -2.24. The number of amides is 1. The molecule has 0 spiro atoms. The first-order valence-electron chi connectivity index (χ1n) is 8.26. The SMILES string of the molecule is CC(C)C1=NN(C2CCCCCC2)C(=O)C1CCCN. The van der Waals surface area contributed by atoms with Crippen LogP contribution in [0.2, 0.25) is 0 Å². The maximum absolute atomic E-state index is 12.7. The molecule has 0 aromatic rings. The van der Waals surface area contributed by atoms with Crippen LogP contribution < -0.4 is 5.73 Å². The predicted octanol–water partition coefficient (Wildman–Crippen LogP) is 2.92. The molecule has 1 unspecified atom stereocenters. The maximum atomic E-state index is 12.7. The third kappa shape index (κ3) is 3.40. The molecular weight excluding hydrogens is 250 g/mol. The van der Waals surface area contributed by atoms with Crippen molar-refractivity contribution >= 4 is 11.6 Å². The van der Waals surface area contributed by atoms with Gasteiger partial charge in [-0.05, 0) is 38.1 Å². The summed E-state index contributed by atoms with van der Waals surface area (Å²) < 4.78 is 0. The van der Waals surface area contributed by atoms with Gasteiger partial charge in [0.1, 0.15) is 0 Å². The number of carbonyl (C=O) groups excluding carboxylic acids is 1. The van der Waals surface area contributed by atoms with Crippen molar-refractivity contribution in [2.24, 2.45) is 22.7 Å². The van der Waals surface area contributed by atoms with E-state index in [1.807, 2.05) is 5.01 Å². The summed E-state index contributed by atoms with van der Waals surface area (Å²) in [5.74, 6) is 0.563. The van der Waals surface area contributed by atoms with Crippen LogP contribution in [0.4, 0.5) is 0 Å². The third-order valence-electron chi connectivity index (χ3n) is 4.56. The van der Waals surface area contributed by atoms with Crippen molar-refractivity contribution in [3.8, 4) is 0 Å². The second-order valence-corrected chi connectivity index (χ2v) is 6.49. The quantitative estimate of drug-likeness (QED) is 0.787. The Bertz CT molecular complexity index is 357. The van der Waals surface area contributed by atoms with Crippen LogP contribution in [0.15, 0.2) is 5.10 Å². The molecule has 1 amide bonds. The Morgan fingerprint density at radius 2 is 1.90 bits per heavy atom. The normalized spacial score (nSPS) is 25.2. The highest BCUT2D eigenvalue weighted by Gasteiger charge is 2.39. The second kappa shape index (κ2) is 7.21. The molecule has 1 saturated carbocycles. The molecule has 2 rings (SSSR count). The van der Waals surface area contributed by atoms with Crippen molar-refractivity contribution in [2.45, 2.75) is 71.3 Å². The summed E-state index contributed by atoms with van der Waals surface area (Å²) in [5, 5.41) is 6.56. The molecule has 20 heavy (non-hydrogen) atoms. The first-order chi connectivity index (χ1) is 9.65. The molecule has 2 aliphatic rings. The van der Waals surface area contributed by atoms with Crippen molar-refractivity contribution in [1.82, 2.24) is 5.01 Å². The molecule has 1 atom stereocenters. The molecule has 0 bridgehead atoms. The van der Waals surface area contributed by atoms with E-state index in [0.29, 0.717) is 18.5 Å². The Morgan fingerprint density at radius 3 is 2.45 bits per heavy atom. The average molecular weight is 279 g/mol. The number of nitrogens with two attached hydrogens (primary N) is 1. The lowest BCUT2D eigenvalue weighted by molar-refractivity contribution is -0.134. The Labute approximate surface area is 122 Å². The molecule has 114 valence electrons. The van der Waals surface area contributed by atoms with Crippen LogP contribution in [-0.4, -0.2) is 29.2 Å². The van der Waals surface area contributed by atoms with E-state index >= 15 is 0 Å². The first-order valence-corrected chi connectivity index (χ1v) is 8.26. The van der Waals surface area contributed by atoms with Gasteiger partial charge in [-0.25, -0.2) is 5.01 Å². The molecule has 1 fully saturated rings. The molecule has 0 aromatic carbocycles. The van der Waals surface area contributed by atoms with Gasteiger partial charge in [-0.2, -0.15) is 5.10 Å². The van der Waals surface area contributed by atoms with E-state index in [1.165, 1.54) is 25.7 Å². The van der Waals surface area contributed by atoms with E-state index in [1.54, 1.807) is 0 Å². The Kier molecular flexibility index (Phi) is 5.58. The molecule has 4 nitrogen and oxygen atoms in total. The summed E-state index contributed by atoms with van der Waals surface area (Å²) in [7, 11) is 0. The summed E-state index contributed by atoms with van der Waals surface area (Å²) in [5.41, 5.74) is 6.68. The molecule has 0 saturated heterocycles. The fourth-order valence-electron chi connectivity index (χ4n) is 3.40. The smallest absolute Gasteiger partial charge is 0.251 e. The zero-order chi connectivity index (χ0) is 14.5. The van der Waals surface area contributed by atoms with E-state index < -0.39 is 0 Å². The van der Waals surface area contributed by atoms with Crippen molar-refractivity contribution in [1.29, 1.82) is 0 Å².